The highest BCUT2D eigenvalue weighted by Crippen LogP contribution is 2.21. The van der Waals surface area contributed by atoms with Crippen LogP contribution in [0.25, 0.3) is 10.9 Å². The van der Waals surface area contributed by atoms with E-state index in [4.69, 9.17) is 11.5 Å². The van der Waals surface area contributed by atoms with Gasteiger partial charge in [-0.1, -0.05) is 60.7 Å². The monoisotopic (exact) mass is 1060 g/mol. The topological polar surface area (TPSA) is 370 Å². The van der Waals surface area contributed by atoms with Crippen LogP contribution in [0.3, 0.4) is 0 Å². The van der Waals surface area contributed by atoms with Crippen molar-refractivity contribution in [2.45, 2.75) is 125 Å². The first-order chi connectivity index (χ1) is 34.9. The number of phenols is 1. The minimum atomic E-state index is -1.77. The van der Waals surface area contributed by atoms with E-state index >= 15 is 0 Å². The fourth-order valence-corrected chi connectivity index (χ4v) is 8.17. The molecule has 0 aliphatic carbocycles. The molecule has 3 aromatic carbocycles. The van der Waals surface area contributed by atoms with Gasteiger partial charge in [0.2, 0.25) is 41.4 Å². The third-order valence-corrected chi connectivity index (χ3v) is 12.5. The van der Waals surface area contributed by atoms with E-state index in [1.807, 2.05) is 6.07 Å². The lowest BCUT2D eigenvalue weighted by Gasteiger charge is -2.33. The Kier molecular flexibility index (Phi) is 22.7. The molecule has 74 heavy (non-hydrogen) atoms. The Bertz CT molecular complexity index is 2560. The number of H-pyrrole nitrogens is 1. The molecule has 0 aliphatic heterocycles. The number of aliphatic hydroxyl groups excluding tert-OH is 2. The zero-order valence-electron chi connectivity index (χ0n) is 41.4. The van der Waals surface area contributed by atoms with E-state index in [1.165, 1.54) is 45.0 Å². The molecule has 22 nitrogen and oxygen atoms in total. The molecule has 0 unspecified atom stereocenters. The van der Waals surface area contributed by atoms with Crippen molar-refractivity contribution < 1.29 is 58.8 Å². The van der Waals surface area contributed by atoms with Crippen LogP contribution in [-0.4, -0.2) is 150 Å². The molecule has 4 aromatic rings. The molecule has 0 aliphatic rings. The molecule has 10 atom stereocenters. The summed E-state index contributed by atoms with van der Waals surface area (Å²) in [7, 11) is 0. The molecule has 7 amide bonds. The number of carbonyl (C=O) groups is 8. The second kappa shape index (κ2) is 28.1. The summed E-state index contributed by atoms with van der Waals surface area (Å²) in [6.07, 6.45) is -1.61. The molecule has 1 heterocycles. The van der Waals surface area contributed by atoms with Crippen LogP contribution in [0.15, 0.2) is 85.1 Å². The summed E-state index contributed by atoms with van der Waals surface area (Å²) in [5, 5.41) is 58.6. The molecule has 16 N–H and O–H groups in total. The number of carbonyl (C=O) groups excluding carboxylic acids is 7. The molecule has 0 saturated heterocycles. The second-order valence-electron chi connectivity index (χ2n) is 18.5. The highest BCUT2D eigenvalue weighted by atomic mass is 32.1. The first-order valence-electron chi connectivity index (χ1n) is 23.8. The number of aromatic nitrogens is 1. The summed E-state index contributed by atoms with van der Waals surface area (Å²) in [5.41, 5.74) is 14.6. The third-order valence-electron chi connectivity index (χ3n) is 11.9. The molecule has 0 fully saturated rings. The van der Waals surface area contributed by atoms with Crippen LogP contribution < -0.4 is 48.7 Å². The lowest BCUT2D eigenvalue weighted by Crippen LogP contribution is -2.64. The summed E-state index contributed by atoms with van der Waals surface area (Å²) in [6.45, 7) is 5.25. The van der Waals surface area contributed by atoms with Gasteiger partial charge in [-0.2, -0.15) is 25.3 Å². The normalized spacial score (nSPS) is 15.5. The number of phenolic OH excluding ortho intramolecular Hbond substituents is 1. The second-order valence-corrected chi connectivity index (χ2v) is 20.0. The van der Waals surface area contributed by atoms with E-state index in [2.05, 4.69) is 67.5 Å². The number of nitrogens with two attached hydrogens (primary N) is 2. The number of nitrogens with one attached hydrogen (secondary N) is 8. The van der Waals surface area contributed by atoms with Gasteiger partial charge >= 0.3 is 5.97 Å². The van der Waals surface area contributed by atoms with Crippen molar-refractivity contribution in [3.63, 3.8) is 0 Å². The highest BCUT2D eigenvalue weighted by Gasteiger charge is 2.40. The lowest BCUT2D eigenvalue weighted by atomic mass is 9.99. The van der Waals surface area contributed by atoms with Gasteiger partial charge < -0.3 is 74.1 Å². The molecule has 0 radical (unpaired) electrons. The van der Waals surface area contributed by atoms with Crippen LogP contribution in [0.4, 0.5) is 0 Å². The van der Waals surface area contributed by atoms with Crippen molar-refractivity contribution >= 4 is 83.5 Å². The zero-order chi connectivity index (χ0) is 54.9. The van der Waals surface area contributed by atoms with Gasteiger partial charge in [0, 0.05) is 40.4 Å². The molecule has 0 bridgehead atoms. The number of amides is 7. The number of carboxylic acids is 1. The fraction of sp³-hybridized carbons (Fsp3) is 0.440. The Morgan fingerprint density at radius 1 is 0.622 bits per heavy atom. The summed E-state index contributed by atoms with van der Waals surface area (Å²) in [4.78, 5) is 113. The van der Waals surface area contributed by atoms with Gasteiger partial charge in [-0.15, -0.1) is 0 Å². The summed E-state index contributed by atoms with van der Waals surface area (Å²) in [6, 6.07) is 10.3. The zero-order valence-corrected chi connectivity index (χ0v) is 43.2. The standard InChI is InChI=1S/C50H68N10O12S2/c1-26(61)39(47(69)60-41(50(3,4)74)48(70)59-40(27(2)62)49(71)72)58-43(65)35(15-10-20-51)54-45(67)37(23-30-24-53-34-14-9-8-13-32(30)34)56-44(66)36(22-29-16-18-31(63)19-17-29)55-46(68)38(25-73)57-42(64)33(52)21-28-11-6-5-7-12-28/h5-9,11-14,16-19,24,26-27,33,35-41,53,61-63,73-74H,10,15,20-23,25,51-52H2,1-4H3,(H,54,67)(H,55,68)(H,56,66)(H,57,64)(H,58,65)(H,59,70)(H,60,69)(H,71,72)/t26-,27-,33+,35+,36+,37+,38+,39+,40+,41-/m1/s1. The maximum Gasteiger partial charge on any atom is 0.328 e. The fourth-order valence-electron chi connectivity index (χ4n) is 7.73. The molecule has 0 spiro atoms. The predicted octanol–water partition coefficient (Wildman–Crippen LogP) is -1.15. The maximum atomic E-state index is 14.6. The lowest BCUT2D eigenvalue weighted by molar-refractivity contribution is -0.145. The van der Waals surface area contributed by atoms with Crippen LogP contribution in [0.1, 0.15) is 57.2 Å². The Morgan fingerprint density at radius 3 is 1.70 bits per heavy atom. The highest BCUT2D eigenvalue weighted by molar-refractivity contribution is 7.81. The SMILES string of the molecule is C[C@@H](O)[C@H](NC(=O)[C@@H](NC(=O)[C@@H](NC(=O)[C@H](CCCN)NC(=O)[C@H](Cc1c[nH]c2ccccc12)NC(=O)[C@H](Cc1ccc(O)cc1)NC(=O)[C@H](CS)NC(=O)[C@@H](N)Cc1ccccc1)[C@@H](C)O)C(C)(C)S)C(=O)O. The minimum Gasteiger partial charge on any atom is -0.508 e. The van der Waals surface area contributed by atoms with Crippen LogP contribution in [0.5, 0.6) is 5.75 Å². The van der Waals surface area contributed by atoms with Gasteiger partial charge in [-0.25, -0.2) is 4.79 Å². The number of carboxylic acid groups (broad SMARTS) is 1. The van der Waals surface area contributed by atoms with Crippen LogP contribution in [-0.2, 0) is 57.6 Å². The quantitative estimate of drug-likeness (QED) is 0.0299. The van der Waals surface area contributed by atoms with Crippen molar-refractivity contribution in [3.8, 4) is 5.75 Å². The van der Waals surface area contributed by atoms with E-state index < -0.39 is 113 Å². The van der Waals surface area contributed by atoms with Gasteiger partial charge in [0.15, 0.2) is 6.04 Å². The Labute approximate surface area is 439 Å². The van der Waals surface area contributed by atoms with E-state index in [-0.39, 0.29) is 50.2 Å². The number of aromatic hydroxyl groups is 1. The summed E-state index contributed by atoms with van der Waals surface area (Å²) < 4.78 is -1.37. The smallest absolute Gasteiger partial charge is 0.328 e. The molecule has 0 saturated carbocycles. The molecular weight excluding hydrogens is 997 g/mol. The summed E-state index contributed by atoms with van der Waals surface area (Å²) in [5.74, 6) is -8.13. The molecule has 1 aromatic heterocycles. The van der Waals surface area contributed by atoms with Crippen molar-refractivity contribution in [3.05, 3.63) is 102 Å². The number of thiol groups is 2. The number of aromatic amines is 1. The molecule has 4 rings (SSSR count). The van der Waals surface area contributed by atoms with Crippen LogP contribution >= 0.6 is 25.3 Å². The van der Waals surface area contributed by atoms with E-state index in [1.54, 1.807) is 54.7 Å². The molecular formula is C50H68N10O12S2. The number of benzene rings is 3. The van der Waals surface area contributed by atoms with Gasteiger partial charge in [0.25, 0.3) is 0 Å². The van der Waals surface area contributed by atoms with Crippen molar-refractivity contribution in [1.82, 2.24) is 42.2 Å². The average molecular weight is 1070 g/mol. The van der Waals surface area contributed by atoms with Gasteiger partial charge in [0.1, 0.15) is 42.0 Å². The van der Waals surface area contributed by atoms with Crippen molar-refractivity contribution in [2.75, 3.05) is 12.3 Å². The van der Waals surface area contributed by atoms with Gasteiger partial charge in [0.05, 0.1) is 18.2 Å². The van der Waals surface area contributed by atoms with Gasteiger partial charge in [-0.05, 0) is 88.4 Å². The number of fused-ring (bicyclic) bond motifs is 1. The maximum absolute atomic E-state index is 14.6. The minimum absolute atomic E-state index is 0.0540. The Balaban J connectivity index is 1.63. The number of aliphatic hydroxyl groups is 2. The van der Waals surface area contributed by atoms with E-state index in [9.17, 15) is 58.8 Å². The first kappa shape index (κ1) is 59.9. The van der Waals surface area contributed by atoms with E-state index in [0.717, 1.165) is 12.5 Å². The number of para-hydroxylation sites is 1. The van der Waals surface area contributed by atoms with Crippen molar-refractivity contribution in [1.29, 1.82) is 0 Å². The van der Waals surface area contributed by atoms with E-state index in [0.29, 0.717) is 22.0 Å². The predicted molar refractivity (Wildman–Crippen MR) is 282 cm³/mol. The number of aliphatic carboxylic acids is 1. The Hall–Kier alpha value is -6.70. The average Bonchev–Trinajstić information content (AvgIpc) is 3.76. The van der Waals surface area contributed by atoms with Crippen molar-refractivity contribution in [2.24, 2.45) is 11.5 Å². The third kappa shape index (κ3) is 17.8. The number of rotatable bonds is 28. The van der Waals surface area contributed by atoms with Crippen LogP contribution in [0.2, 0.25) is 0 Å². The largest absolute Gasteiger partial charge is 0.508 e. The summed E-state index contributed by atoms with van der Waals surface area (Å²) >= 11 is 8.70. The number of hydrogen-bond donors (Lipinski definition) is 16. The Morgan fingerprint density at radius 2 is 1.14 bits per heavy atom. The van der Waals surface area contributed by atoms with Gasteiger partial charge in [-0.3, -0.25) is 33.6 Å². The molecule has 24 heteroatoms. The first-order valence-corrected chi connectivity index (χ1v) is 24.9. The number of hydrogen-bond acceptors (Lipinski definition) is 15. The molecule has 402 valence electrons. The van der Waals surface area contributed by atoms with Crippen LogP contribution in [0, 0.1) is 0 Å².